The van der Waals surface area contributed by atoms with Crippen molar-refractivity contribution in [3.05, 3.63) is 45.6 Å². The number of oxazole rings is 1. The van der Waals surface area contributed by atoms with Crippen molar-refractivity contribution in [1.29, 1.82) is 0 Å². The second-order valence-electron chi connectivity index (χ2n) is 9.42. The molecule has 0 saturated carbocycles. The number of carbonyl (C=O) groups excluding carboxylic acids is 3. The Balaban J connectivity index is 1.96. The van der Waals surface area contributed by atoms with E-state index in [1.54, 1.807) is 13.8 Å². The van der Waals surface area contributed by atoms with E-state index in [0.29, 0.717) is 12.8 Å². The molecule has 38 heavy (non-hydrogen) atoms. The predicted octanol–water partition coefficient (Wildman–Crippen LogP) is 2.87. The molecule has 2 aromatic rings. The van der Waals surface area contributed by atoms with Crippen molar-refractivity contribution in [2.45, 2.75) is 70.0 Å². The number of aryl methyl sites for hydroxylation is 1. The first-order valence-corrected chi connectivity index (χ1v) is 14.4. The van der Waals surface area contributed by atoms with Crippen molar-refractivity contribution in [1.82, 2.24) is 25.7 Å². The second-order valence-corrected chi connectivity index (χ2v) is 11.9. The molecule has 14 heteroatoms. The standard InChI is InChI=1S/C24H31Cl2N5O6S/c1-12(2)19-24-30-20(14(4)37-24)23(34)28-13(3)21(32)27-10-6-5-7-17(22(33)29-19)31-38(35,36)18-11-15(25)8-9-16(18)26/h8-9,11-13,17,19,31H,5-7,10H2,1-4H3,(H,27,32)(H,28,34)(H,29,33)/t13-,17+,19+/m1/s1. The zero-order valence-electron chi connectivity index (χ0n) is 21.4. The lowest BCUT2D eigenvalue weighted by Gasteiger charge is -2.24. The molecule has 208 valence electrons. The molecule has 0 aliphatic carbocycles. The lowest BCUT2D eigenvalue weighted by atomic mass is 10.0. The van der Waals surface area contributed by atoms with Crippen LogP contribution < -0.4 is 20.7 Å². The molecule has 3 rings (SSSR count). The summed E-state index contributed by atoms with van der Waals surface area (Å²) in [5.41, 5.74) is -0.0144. The van der Waals surface area contributed by atoms with Gasteiger partial charge in [0.25, 0.3) is 5.91 Å². The van der Waals surface area contributed by atoms with Gasteiger partial charge in [0.05, 0.1) is 5.02 Å². The number of halogens is 2. The molecule has 4 N–H and O–H groups in total. The molecule has 1 aromatic carbocycles. The van der Waals surface area contributed by atoms with E-state index in [1.165, 1.54) is 18.2 Å². The molecule has 2 bridgehead atoms. The van der Waals surface area contributed by atoms with Crippen molar-refractivity contribution in [3.63, 3.8) is 0 Å². The fraction of sp³-hybridized carbons (Fsp3) is 0.500. The molecule has 0 fully saturated rings. The average molecular weight is 589 g/mol. The second kappa shape index (κ2) is 12.5. The van der Waals surface area contributed by atoms with Gasteiger partial charge in [0.2, 0.25) is 27.7 Å². The van der Waals surface area contributed by atoms with Crippen LogP contribution in [0.25, 0.3) is 0 Å². The van der Waals surface area contributed by atoms with Gasteiger partial charge in [-0.1, -0.05) is 37.0 Å². The van der Waals surface area contributed by atoms with E-state index in [9.17, 15) is 22.8 Å². The fourth-order valence-corrected chi connectivity index (χ4v) is 5.87. The average Bonchev–Trinajstić information content (AvgIpc) is 3.22. The van der Waals surface area contributed by atoms with Gasteiger partial charge >= 0.3 is 0 Å². The lowest BCUT2D eigenvalue weighted by molar-refractivity contribution is -0.124. The largest absolute Gasteiger partial charge is 0.443 e. The Labute approximate surface area is 231 Å². The fourth-order valence-electron chi connectivity index (χ4n) is 3.87. The first kappa shape index (κ1) is 29.9. The third-order valence-electron chi connectivity index (χ3n) is 6.02. The zero-order valence-corrected chi connectivity index (χ0v) is 23.8. The topological polar surface area (TPSA) is 160 Å². The summed E-state index contributed by atoms with van der Waals surface area (Å²) in [5.74, 6) is -1.53. The Morgan fingerprint density at radius 1 is 1.11 bits per heavy atom. The SMILES string of the molecule is Cc1oc2nc1C(=O)N[C@H](C)C(=O)NCCCC[C@H](NS(=O)(=O)c1cc(Cl)ccc1Cl)C(=O)N[C@H]2C(C)C. The summed E-state index contributed by atoms with van der Waals surface area (Å²) in [6.07, 6.45) is 0.995. The van der Waals surface area contributed by atoms with Crippen LogP contribution in [-0.4, -0.2) is 49.8 Å². The van der Waals surface area contributed by atoms with E-state index in [-0.39, 0.29) is 51.2 Å². The summed E-state index contributed by atoms with van der Waals surface area (Å²) < 4.78 is 34.5. The smallest absolute Gasteiger partial charge is 0.274 e. The number of hydrogen-bond donors (Lipinski definition) is 4. The van der Waals surface area contributed by atoms with Crippen LogP contribution in [0.5, 0.6) is 0 Å². The minimum Gasteiger partial charge on any atom is -0.443 e. The number of benzene rings is 1. The van der Waals surface area contributed by atoms with Crippen molar-refractivity contribution >= 4 is 50.9 Å². The van der Waals surface area contributed by atoms with Gasteiger partial charge in [-0.3, -0.25) is 14.4 Å². The number of nitrogens with zero attached hydrogens (tertiary/aromatic N) is 1. The van der Waals surface area contributed by atoms with Crippen LogP contribution in [0.4, 0.5) is 0 Å². The van der Waals surface area contributed by atoms with E-state index in [0.717, 1.165) is 0 Å². The summed E-state index contributed by atoms with van der Waals surface area (Å²) in [5, 5.41) is 8.25. The van der Waals surface area contributed by atoms with Gasteiger partial charge < -0.3 is 20.4 Å². The number of rotatable bonds is 4. The number of sulfonamides is 1. The molecular weight excluding hydrogens is 557 g/mol. The van der Waals surface area contributed by atoms with Gasteiger partial charge in [-0.25, -0.2) is 13.4 Å². The molecule has 11 nitrogen and oxygen atoms in total. The monoisotopic (exact) mass is 587 g/mol. The minimum absolute atomic E-state index is 0.0144. The van der Waals surface area contributed by atoms with Gasteiger partial charge in [-0.15, -0.1) is 0 Å². The first-order chi connectivity index (χ1) is 17.8. The molecule has 2 heterocycles. The minimum atomic E-state index is -4.24. The van der Waals surface area contributed by atoms with Crippen LogP contribution in [0.2, 0.25) is 10.0 Å². The lowest BCUT2D eigenvalue weighted by Crippen LogP contribution is -2.48. The maximum Gasteiger partial charge on any atom is 0.274 e. The Kier molecular flexibility index (Phi) is 9.80. The molecule has 1 aromatic heterocycles. The maximum absolute atomic E-state index is 13.4. The number of nitrogens with one attached hydrogen (secondary N) is 4. The van der Waals surface area contributed by atoms with Crippen molar-refractivity contribution < 1.29 is 27.2 Å². The van der Waals surface area contributed by atoms with Crippen LogP contribution in [0.3, 0.4) is 0 Å². The summed E-state index contributed by atoms with van der Waals surface area (Å²) in [6, 6.07) is 1.25. The van der Waals surface area contributed by atoms with Crippen LogP contribution in [0, 0.1) is 12.8 Å². The van der Waals surface area contributed by atoms with Crippen molar-refractivity contribution in [3.8, 4) is 0 Å². The number of amides is 3. The number of hydrogen-bond acceptors (Lipinski definition) is 7. The van der Waals surface area contributed by atoms with Crippen LogP contribution in [-0.2, 0) is 19.6 Å². The highest BCUT2D eigenvalue weighted by Crippen LogP contribution is 2.27. The van der Waals surface area contributed by atoms with Gasteiger partial charge in [-0.2, -0.15) is 4.72 Å². The predicted molar refractivity (Wildman–Crippen MR) is 141 cm³/mol. The van der Waals surface area contributed by atoms with Crippen molar-refractivity contribution in [2.75, 3.05) is 6.54 Å². The van der Waals surface area contributed by atoms with Gasteiger partial charge in [0.1, 0.15) is 28.8 Å². The number of carbonyl (C=O) groups is 3. The third-order valence-corrected chi connectivity index (χ3v) is 8.20. The van der Waals surface area contributed by atoms with Crippen LogP contribution in [0.15, 0.2) is 27.5 Å². The van der Waals surface area contributed by atoms with Crippen molar-refractivity contribution in [2.24, 2.45) is 5.92 Å². The zero-order chi connectivity index (χ0) is 28.2. The number of aromatic nitrogens is 1. The van der Waals surface area contributed by atoms with E-state index >= 15 is 0 Å². The summed E-state index contributed by atoms with van der Waals surface area (Å²) >= 11 is 12.1. The maximum atomic E-state index is 13.4. The van der Waals surface area contributed by atoms with E-state index in [2.05, 4.69) is 25.7 Å². The Morgan fingerprint density at radius 3 is 2.50 bits per heavy atom. The van der Waals surface area contributed by atoms with E-state index < -0.39 is 45.9 Å². The summed E-state index contributed by atoms with van der Waals surface area (Å²) in [6.45, 7) is 7.01. The third kappa shape index (κ3) is 7.25. The van der Waals surface area contributed by atoms with Crippen LogP contribution >= 0.6 is 23.2 Å². The van der Waals surface area contributed by atoms with E-state index in [1.807, 2.05) is 13.8 Å². The molecule has 0 spiro atoms. The van der Waals surface area contributed by atoms with Crippen LogP contribution in [0.1, 0.15) is 68.2 Å². The molecule has 0 unspecified atom stereocenters. The van der Waals surface area contributed by atoms with E-state index in [4.69, 9.17) is 27.6 Å². The Bertz CT molecular complexity index is 1310. The molecule has 0 radical (unpaired) electrons. The highest BCUT2D eigenvalue weighted by Gasteiger charge is 2.32. The molecule has 3 atom stereocenters. The molecule has 1 aliphatic rings. The van der Waals surface area contributed by atoms with Gasteiger partial charge in [0.15, 0.2) is 5.69 Å². The highest BCUT2D eigenvalue weighted by atomic mass is 35.5. The summed E-state index contributed by atoms with van der Waals surface area (Å²) in [7, 11) is -4.24. The first-order valence-electron chi connectivity index (χ1n) is 12.1. The quantitative estimate of drug-likeness (QED) is 0.427. The number of fused-ring (bicyclic) bond motifs is 2. The molecule has 1 aliphatic heterocycles. The Hall–Kier alpha value is -2.67. The van der Waals surface area contributed by atoms with Gasteiger partial charge in [-0.05, 0) is 57.2 Å². The summed E-state index contributed by atoms with van der Waals surface area (Å²) in [4.78, 5) is 42.6. The molecular formula is C24H31Cl2N5O6S. The highest BCUT2D eigenvalue weighted by molar-refractivity contribution is 7.89. The normalized spacial score (nSPS) is 22.1. The Morgan fingerprint density at radius 2 is 1.82 bits per heavy atom. The molecule has 0 saturated heterocycles. The molecule has 3 amide bonds. The van der Waals surface area contributed by atoms with Gasteiger partial charge in [0, 0.05) is 11.6 Å².